The van der Waals surface area contributed by atoms with E-state index >= 15 is 0 Å². The zero-order valence-corrected chi connectivity index (χ0v) is 10.4. The third kappa shape index (κ3) is 2.73. The molecule has 0 saturated carbocycles. The van der Waals surface area contributed by atoms with Crippen molar-refractivity contribution in [2.75, 3.05) is 13.7 Å². The summed E-state index contributed by atoms with van der Waals surface area (Å²) in [6.07, 6.45) is 2.72. The maximum atomic E-state index is 10.3. The van der Waals surface area contributed by atoms with Crippen molar-refractivity contribution in [3.63, 3.8) is 0 Å². The lowest BCUT2D eigenvalue weighted by Crippen LogP contribution is -2.09. The fourth-order valence-electron chi connectivity index (χ4n) is 1.90. The summed E-state index contributed by atoms with van der Waals surface area (Å²) in [5.41, 5.74) is 1.59. The van der Waals surface area contributed by atoms with Gasteiger partial charge in [-0.2, -0.15) is 0 Å². The minimum absolute atomic E-state index is 0.590. The quantitative estimate of drug-likeness (QED) is 0.901. The minimum atomic E-state index is -0.692. The van der Waals surface area contributed by atoms with Gasteiger partial charge in [-0.15, -0.1) is 0 Å². The second kappa shape index (κ2) is 5.43. The highest BCUT2D eigenvalue weighted by molar-refractivity contribution is 6.30. The summed E-state index contributed by atoms with van der Waals surface area (Å²) in [4.78, 5) is 0. The molecular formula is C13H15ClO3. The summed E-state index contributed by atoms with van der Waals surface area (Å²) >= 11 is 5.89. The molecule has 0 saturated heterocycles. The van der Waals surface area contributed by atoms with Gasteiger partial charge in [0.05, 0.1) is 20.0 Å². The number of halogens is 1. The minimum Gasteiger partial charge on any atom is -0.501 e. The van der Waals surface area contributed by atoms with Gasteiger partial charge in [-0.1, -0.05) is 17.7 Å². The first kappa shape index (κ1) is 12.3. The second-order valence-electron chi connectivity index (χ2n) is 3.96. The number of hydrogen-bond acceptors (Lipinski definition) is 3. The first-order valence-corrected chi connectivity index (χ1v) is 5.92. The van der Waals surface area contributed by atoms with Gasteiger partial charge < -0.3 is 14.6 Å². The first-order chi connectivity index (χ1) is 8.22. The van der Waals surface area contributed by atoms with Gasteiger partial charge in [0, 0.05) is 10.6 Å². The van der Waals surface area contributed by atoms with Crippen molar-refractivity contribution in [1.29, 1.82) is 0 Å². The SMILES string of the molecule is COc1cc(Cl)ccc1C(O)C1=COCCC1. The highest BCUT2D eigenvalue weighted by atomic mass is 35.5. The molecule has 1 aromatic rings. The van der Waals surface area contributed by atoms with Crippen LogP contribution in [0.2, 0.25) is 5.02 Å². The Morgan fingerprint density at radius 1 is 1.47 bits per heavy atom. The number of benzene rings is 1. The Hall–Kier alpha value is -1.19. The van der Waals surface area contributed by atoms with Crippen LogP contribution >= 0.6 is 11.6 Å². The summed E-state index contributed by atoms with van der Waals surface area (Å²) < 4.78 is 10.5. The van der Waals surface area contributed by atoms with Gasteiger partial charge in [-0.25, -0.2) is 0 Å². The Kier molecular flexibility index (Phi) is 3.92. The van der Waals surface area contributed by atoms with Crippen molar-refractivity contribution in [3.05, 3.63) is 40.6 Å². The Labute approximate surface area is 106 Å². The van der Waals surface area contributed by atoms with E-state index in [1.54, 1.807) is 31.6 Å². The van der Waals surface area contributed by atoms with Crippen molar-refractivity contribution in [2.45, 2.75) is 18.9 Å². The molecule has 3 nitrogen and oxygen atoms in total. The number of hydrogen-bond donors (Lipinski definition) is 1. The fourth-order valence-corrected chi connectivity index (χ4v) is 2.06. The number of aliphatic hydroxyl groups excluding tert-OH is 1. The van der Waals surface area contributed by atoms with Gasteiger partial charge in [-0.3, -0.25) is 0 Å². The molecule has 1 atom stereocenters. The van der Waals surface area contributed by atoms with E-state index in [1.807, 2.05) is 0 Å². The molecule has 0 spiro atoms. The van der Waals surface area contributed by atoms with Gasteiger partial charge in [0.1, 0.15) is 11.9 Å². The average Bonchev–Trinajstić information content (AvgIpc) is 2.39. The van der Waals surface area contributed by atoms with Gasteiger partial charge in [0.15, 0.2) is 0 Å². The zero-order valence-electron chi connectivity index (χ0n) is 9.65. The fraction of sp³-hybridized carbons (Fsp3) is 0.385. The van der Waals surface area contributed by atoms with Crippen LogP contribution in [-0.4, -0.2) is 18.8 Å². The summed E-state index contributed by atoms with van der Waals surface area (Å²) in [5, 5.41) is 10.9. The Morgan fingerprint density at radius 2 is 2.29 bits per heavy atom. The summed E-state index contributed by atoms with van der Waals surface area (Å²) in [6, 6.07) is 5.22. The molecule has 0 radical (unpaired) electrons. The van der Waals surface area contributed by atoms with E-state index in [0.29, 0.717) is 22.9 Å². The lowest BCUT2D eigenvalue weighted by Gasteiger charge is -2.20. The average molecular weight is 255 g/mol. The van der Waals surface area contributed by atoms with Crippen molar-refractivity contribution < 1.29 is 14.6 Å². The molecular weight excluding hydrogens is 240 g/mol. The highest BCUT2D eigenvalue weighted by Gasteiger charge is 2.19. The summed E-state index contributed by atoms with van der Waals surface area (Å²) in [7, 11) is 1.56. The maximum absolute atomic E-state index is 10.3. The lowest BCUT2D eigenvalue weighted by molar-refractivity contribution is 0.168. The molecule has 0 fully saturated rings. The summed E-state index contributed by atoms with van der Waals surface area (Å²) in [6.45, 7) is 0.716. The molecule has 0 aromatic heterocycles. The van der Waals surface area contributed by atoms with E-state index in [-0.39, 0.29) is 0 Å². The normalized spacial score (nSPS) is 17.0. The predicted molar refractivity (Wildman–Crippen MR) is 66.2 cm³/mol. The Balaban J connectivity index is 2.29. The molecule has 1 unspecified atom stereocenters. The van der Waals surface area contributed by atoms with Crippen LogP contribution in [0.3, 0.4) is 0 Å². The number of methoxy groups -OCH3 is 1. The topological polar surface area (TPSA) is 38.7 Å². The van der Waals surface area contributed by atoms with E-state index in [4.69, 9.17) is 21.1 Å². The Morgan fingerprint density at radius 3 is 2.94 bits per heavy atom. The molecule has 2 rings (SSSR count). The summed E-state index contributed by atoms with van der Waals surface area (Å²) in [5.74, 6) is 0.594. The highest BCUT2D eigenvalue weighted by Crippen LogP contribution is 2.34. The number of rotatable bonds is 3. The molecule has 92 valence electrons. The van der Waals surface area contributed by atoms with Crippen LogP contribution in [0.4, 0.5) is 0 Å². The lowest BCUT2D eigenvalue weighted by atomic mass is 9.97. The van der Waals surface area contributed by atoms with E-state index in [1.165, 1.54) is 0 Å². The molecule has 0 aliphatic carbocycles. The van der Waals surface area contributed by atoms with E-state index in [0.717, 1.165) is 18.4 Å². The van der Waals surface area contributed by atoms with E-state index in [2.05, 4.69) is 0 Å². The van der Waals surface area contributed by atoms with Crippen LogP contribution in [0.15, 0.2) is 30.0 Å². The van der Waals surface area contributed by atoms with Gasteiger partial charge in [0.25, 0.3) is 0 Å². The largest absolute Gasteiger partial charge is 0.501 e. The third-order valence-electron chi connectivity index (χ3n) is 2.80. The molecule has 17 heavy (non-hydrogen) atoms. The van der Waals surface area contributed by atoms with Crippen molar-refractivity contribution >= 4 is 11.6 Å². The van der Waals surface area contributed by atoms with Crippen molar-refractivity contribution in [1.82, 2.24) is 0 Å². The van der Waals surface area contributed by atoms with Crippen LogP contribution in [0.25, 0.3) is 0 Å². The molecule has 1 aliphatic heterocycles. The smallest absolute Gasteiger partial charge is 0.126 e. The van der Waals surface area contributed by atoms with Crippen LogP contribution < -0.4 is 4.74 Å². The standard InChI is InChI=1S/C13H15ClO3/c1-16-12-7-10(14)4-5-11(12)13(15)9-3-2-6-17-8-9/h4-5,7-8,13,15H,2-3,6H2,1H3. The molecule has 1 aromatic carbocycles. The van der Waals surface area contributed by atoms with Gasteiger partial charge in [0.2, 0.25) is 0 Å². The zero-order chi connectivity index (χ0) is 12.3. The first-order valence-electron chi connectivity index (χ1n) is 5.54. The van der Waals surface area contributed by atoms with Crippen LogP contribution in [-0.2, 0) is 4.74 Å². The molecule has 1 heterocycles. The molecule has 1 N–H and O–H groups in total. The van der Waals surface area contributed by atoms with E-state index in [9.17, 15) is 5.11 Å². The van der Waals surface area contributed by atoms with Gasteiger partial charge >= 0.3 is 0 Å². The van der Waals surface area contributed by atoms with Crippen molar-refractivity contribution in [2.24, 2.45) is 0 Å². The van der Waals surface area contributed by atoms with Crippen LogP contribution in [0.5, 0.6) is 5.75 Å². The van der Waals surface area contributed by atoms with Crippen molar-refractivity contribution in [3.8, 4) is 5.75 Å². The number of aliphatic hydroxyl groups is 1. The maximum Gasteiger partial charge on any atom is 0.126 e. The molecule has 0 bridgehead atoms. The third-order valence-corrected chi connectivity index (χ3v) is 3.04. The number of ether oxygens (including phenoxy) is 2. The van der Waals surface area contributed by atoms with E-state index < -0.39 is 6.10 Å². The second-order valence-corrected chi connectivity index (χ2v) is 4.39. The molecule has 1 aliphatic rings. The van der Waals surface area contributed by atoms with Crippen LogP contribution in [0, 0.1) is 0 Å². The molecule has 0 amide bonds. The van der Waals surface area contributed by atoms with Gasteiger partial charge in [-0.05, 0) is 30.5 Å². The molecule has 4 heteroatoms. The Bertz CT molecular complexity index is 429. The monoisotopic (exact) mass is 254 g/mol. The predicted octanol–water partition coefficient (Wildman–Crippen LogP) is 3.08. The van der Waals surface area contributed by atoms with Crippen LogP contribution in [0.1, 0.15) is 24.5 Å².